The standard InChI is InChI=1S/C3H5ClO2S/c4-1-7-3-6-2-5/h2H,1,3H2. The fraction of sp³-hybridized carbons (Fsp3) is 0.667. The lowest BCUT2D eigenvalue weighted by Gasteiger charge is -1.89. The van der Waals surface area contributed by atoms with Crippen LogP contribution in [0.25, 0.3) is 0 Å². The molecule has 42 valence electrons. The minimum absolute atomic E-state index is 0.354. The van der Waals surface area contributed by atoms with E-state index in [2.05, 4.69) is 4.74 Å². The third-order valence-corrected chi connectivity index (χ3v) is 1.22. The predicted octanol–water partition coefficient (Wildman–Crippen LogP) is 1.05. The zero-order valence-electron chi connectivity index (χ0n) is 3.59. The van der Waals surface area contributed by atoms with Gasteiger partial charge in [-0.05, 0) is 0 Å². The van der Waals surface area contributed by atoms with Crippen molar-refractivity contribution in [1.29, 1.82) is 0 Å². The maximum atomic E-state index is 9.40. The molecule has 0 aromatic carbocycles. The van der Waals surface area contributed by atoms with E-state index in [9.17, 15) is 4.79 Å². The van der Waals surface area contributed by atoms with Gasteiger partial charge in [-0.3, -0.25) is 4.79 Å². The molecular weight excluding hydrogens is 136 g/mol. The Morgan fingerprint density at radius 2 is 2.57 bits per heavy atom. The van der Waals surface area contributed by atoms with Crippen LogP contribution in [-0.2, 0) is 9.53 Å². The molecule has 0 bridgehead atoms. The van der Waals surface area contributed by atoms with Gasteiger partial charge in [0.15, 0.2) is 0 Å². The monoisotopic (exact) mass is 140 g/mol. The van der Waals surface area contributed by atoms with Gasteiger partial charge in [-0.1, -0.05) is 0 Å². The van der Waals surface area contributed by atoms with Crippen LogP contribution in [0, 0.1) is 0 Å². The summed E-state index contributed by atoms with van der Waals surface area (Å²) in [6, 6.07) is 0. The average molecular weight is 141 g/mol. The van der Waals surface area contributed by atoms with Crippen LogP contribution in [0.15, 0.2) is 0 Å². The first-order chi connectivity index (χ1) is 3.41. The van der Waals surface area contributed by atoms with E-state index in [0.717, 1.165) is 0 Å². The SMILES string of the molecule is O=COCSCCl. The lowest BCUT2D eigenvalue weighted by Crippen LogP contribution is -1.83. The summed E-state index contributed by atoms with van der Waals surface area (Å²) in [5.74, 6) is 0.354. The molecule has 0 N–H and O–H groups in total. The topological polar surface area (TPSA) is 26.3 Å². The second-order valence-electron chi connectivity index (χ2n) is 0.694. The summed E-state index contributed by atoms with van der Waals surface area (Å²) in [6.45, 7) is 0.402. The van der Waals surface area contributed by atoms with Crippen molar-refractivity contribution in [3.63, 3.8) is 0 Å². The number of alkyl halides is 1. The van der Waals surface area contributed by atoms with Crippen molar-refractivity contribution < 1.29 is 9.53 Å². The largest absolute Gasteiger partial charge is 0.457 e. The fourth-order valence-electron chi connectivity index (χ4n) is 0.107. The maximum absolute atomic E-state index is 9.40. The molecule has 0 radical (unpaired) electrons. The van der Waals surface area contributed by atoms with Crippen LogP contribution >= 0.6 is 23.4 Å². The molecule has 0 aliphatic heterocycles. The number of hydrogen-bond acceptors (Lipinski definition) is 3. The van der Waals surface area contributed by atoms with Crippen LogP contribution in [0.1, 0.15) is 0 Å². The summed E-state index contributed by atoms with van der Waals surface area (Å²) in [4.78, 5) is 9.40. The van der Waals surface area contributed by atoms with E-state index in [1.807, 2.05) is 0 Å². The highest BCUT2D eigenvalue weighted by molar-refractivity contribution is 8.00. The molecule has 0 saturated heterocycles. The van der Waals surface area contributed by atoms with Gasteiger partial charge in [-0.15, -0.1) is 23.4 Å². The van der Waals surface area contributed by atoms with Crippen molar-refractivity contribution in [2.75, 3.05) is 11.2 Å². The van der Waals surface area contributed by atoms with E-state index in [-0.39, 0.29) is 0 Å². The van der Waals surface area contributed by atoms with E-state index in [1.54, 1.807) is 0 Å². The van der Waals surface area contributed by atoms with Gasteiger partial charge in [0.05, 0.1) is 5.21 Å². The minimum atomic E-state index is 0.354. The smallest absolute Gasteiger partial charge is 0.293 e. The maximum Gasteiger partial charge on any atom is 0.293 e. The van der Waals surface area contributed by atoms with Crippen molar-refractivity contribution >= 4 is 29.8 Å². The molecule has 0 fully saturated rings. The highest BCUT2D eigenvalue weighted by atomic mass is 35.5. The van der Waals surface area contributed by atoms with Crippen LogP contribution in [0.3, 0.4) is 0 Å². The molecule has 0 saturated carbocycles. The van der Waals surface area contributed by atoms with E-state index in [1.165, 1.54) is 11.8 Å². The molecule has 2 nitrogen and oxygen atoms in total. The second-order valence-corrected chi connectivity index (χ2v) is 2.21. The Hall–Kier alpha value is 0.110. The quantitative estimate of drug-likeness (QED) is 0.253. The Kier molecular flexibility index (Phi) is 6.21. The summed E-state index contributed by atoms with van der Waals surface area (Å²) in [5.41, 5.74) is 0. The average Bonchev–Trinajstić information content (AvgIpc) is 1.69. The molecule has 0 heterocycles. The van der Waals surface area contributed by atoms with E-state index < -0.39 is 0 Å². The summed E-state index contributed by atoms with van der Waals surface area (Å²) >= 11 is 6.55. The summed E-state index contributed by atoms with van der Waals surface area (Å²) in [7, 11) is 0. The molecule has 0 unspecified atom stereocenters. The number of halogens is 1. The Bertz CT molecular complexity index is 50.2. The Morgan fingerprint density at radius 3 is 3.00 bits per heavy atom. The summed E-state index contributed by atoms with van der Waals surface area (Å²) in [6.07, 6.45) is 0. The number of rotatable bonds is 4. The van der Waals surface area contributed by atoms with Crippen molar-refractivity contribution in [1.82, 2.24) is 0 Å². The van der Waals surface area contributed by atoms with Gasteiger partial charge in [0, 0.05) is 0 Å². The number of hydrogen-bond donors (Lipinski definition) is 0. The van der Waals surface area contributed by atoms with Crippen molar-refractivity contribution in [3.05, 3.63) is 0 Å². The molecule has 4 heteroatoms. The predicted molar refractivity (Wildman–Crippen MR) is 30.3 cm³/mol. The molecule has 7 heavy (non-hydrogen) atoms. The molecule has 0 aliphatic carbocycles. The van der Waals surface area contributed by atoms with Gasteiger partial charge in [0.1, 0.15) is 5.94 Å². The van der Waals surface area contributed by atoms with Crippen molar-refractivity contribution in [3.8, 4) is 0 Å². The molecule has 0 aromatic rings. The fourth-order valence-corrected chi connectivity index (χ4v) is 0.511. The zero-order valence-corrected chi connectivity index (χ0v) is 5.17. The highest BCUT2D eigenvalue weighted by Crippen LogP contribution is 1.99. The Labute approximate surface area is 51.2 Å². The van der Waals surface area contributed by atoms with Gasteiger partial charge in [0.2, 0.25) is 0 Å². The number of thioether (sulfide) groups is 1. The summed E-state index contributed by atoms with van der Waals surface area (Å²) in [5, 5.41) is 0.466. The highest BCUT2D eigenvalue weighted by Gasteiger charge is 1.79. The van der Waals surface area contributed by atoms with E-state index in [4.69, 9.17) is 11.6 Å². The van der Waals surface area contributed by atoms with E-state index >= 15 is 0 Å². The Morgan fingerprint density at radius 1 is 1.86 bits per heavy atom. The van der Waals surface area contributed by atoms with Gasteiger partial charge >= 0.3 is 0 Å². The van der Waals surface area contributed by atoms with Crippen LogP contribution in [-0.4, -0.2) is 17.6 Å². The number of carbonyl (C=O) groups excluding carboxylic acids is 1. The molecule has 0 amide bonds. The third-order valence-electron chi connectivity index (χ3n) is 0.297. The molecular formula is C3H5ClO2S. The molecule has 0 atom stereocenters. The first kappa shape index (κ1) is 7.11. The molecule has 0 rings (SSSR count). The number of ether oxygens (including phenoxy) is 1. The van der Waals surface area contributed by atoms with Gasteiger partial charge < -0.3 is 4.74 Å². The molecule has 0 aliphatic rings. The van der Waals surface area contributed by atoms with Crippen molar-refractivity contribution in [2.45, 2.75) is 0 Å². The van der Waals surface area contributed by atoms with Crippen LogP contribution in [0.4, 0.5) is 0 Å². The summed E-state index contributed by atoms with van der Waals surface area (Å²) < 4.78 is 4.27. The first-order valence-corrected chi connectivity index (χ1v) is 3.29. The molecule has 0 spiro atoms. The van der Waals surface area contributed by atoms with Gasteiger partial charge in [0.25, 0.3) is 6.47 Å². The van der Waals surface area contributed by atoms with Crippen LogP contribution in [0.5, 0.6) is 0 Å². The number of carbonyl (C=O) groups is 1. The zero-order chi connectivity index (χ0) is 5.54. The lowest BCUT2D eigenvalue weighted by atomic mass is 11.5. The normalized spacial score (nSPS) is 8.14. The molecule has 0 aromatic heterocycles. The van der Waals surface area contributed by atoms with Crippen molar-refractivity contribution in [2.24, 2.45) is 0 Å². The van der Waals surface area contributed by atoms with Crippen LogP contribution in [0.2, 0.25) is 0 Å². The first-order valence-electron chi connectivity index (χ1n) is 1.60. The lowest BCUT2D eigenvalue weighted by molar-refractivity contribution is -0.126. The van der Waals surface area contributed by atoms with Gasteiger partial charge in [-0.25, -0.2) is 0 Å². The van der Waals surface area contributed by atoms with Gasteiger partial charge in [-0.2, -0.15) is 0 Å². The third kappa shape index (κ3) is 6.11. The van der Waals surface area contributed by atoms with Crippen LogP contribution < -0.4 is 0 Å². The Balaban J connectivity index is 2.56. The second kappa shape index (κ2) is 6.11. The van der Waals surface area contributed by atoms with E-state index in [0.29, 0.717) is 17.6 Å². The minimum Gasteiger partial charge on any atom is -0.457 e.